The molecule has 0 bridgehead atoms. The number of hydrogen-bond donors (Lipinski definition) is 0. The topological polar surface area (TPSA) is 102 Å². The number of amides is 1. The minimum atomic E-state index is -0.427. The van der Waals surface area contributed by atoms with Gasteiger partial charge in [0.25, 0.3) is 5.91 Å². The summed E-state index contributed by atoms with van der Waals surface area (Å²) in [5, 5.41) is 12.1. The zero-order chi connectivity index (χ0) is 22.1. The third-order valence-electron chi connectivity index (χ3n) is 6.04. The van der Waals surface area contributed by atoms with E-state index in [1.165, 1.54) is 17.9 Å². The number of tetrazole rings is 1. The zero-order valence-electron chi connectivity index (χ0n) is 18.2. The lowest BCUT2D eigenvalue weighted by atomic mass is 10.0. The summed E-state index contributed by atoms with van der Waals surface area (Å²) < 4.78 is 12.1. The molecule has 2 aromatic heterocycles. The van der Waals surface area contributed by atoms with Crippen molar-refractivity contribution < 1.29 is 9.53 Å². The molecule has 0 saturated carbocycles. The van der Waals surface area contributed by atoms with Crippen LogP contribution in [-0.2, 0) is 4.79 Å². The van der Waals surface area contributed by atoms with Gasteiger partial charge in [-0.1, -0.05) is 13.8 Å². The highest BCUT2D eigenvalue weighted by molar-refractivity contribution is 7.09. The second-order valence-corrected chi connectivity index (χ2v) is 9.21. The molecule has 1 aromatic carbocycles. The Balaban J connectivity index is 1.15. The van der Waals surface area contributed by atoms with Gasteiger partial charge in [0.15, 0.2) is 6.10 Å². The fourth-order valence-corrected chi connectivity index (χ4v) is 5.09. The maximum atomic E-state index is 13.0. The summed E-state index contributed by atoms with van der Waals surface area (Å²) in [6.45, 7) is 6.75. The molecule has 0 N–H and O–H groups in total. The predicted molar refractivity (Wildman–Crippen MR) is 119 cm³/mol. The third kappa shape index (κ3) is 4.16. The van der Waals surface area contributed by atoms with Crippen molar-refractivity contribution in [3.63, 3.8) is 0 Å². The van der Waals surface area contributed by atoms with Crippen molar-refractivity contribution in [2.75, 3.05) is 24.5 Å². The maximum Gasteiger partial charge on any atom is 0.263 e. The van der Waals surface area contributed by atoms with Crippen LogP contribution in [0.15, 0.2) is 30.6 Å². The third-order valence-corrected chi connectivity index (χ3v) is 6.83. The molecule has 3 aromatic rings. The number of ether oxygens (including phenoxy) is 1. The number of nitrogens with zero attached hydrogens (tertiary/aromatic N) is 8. The standard InChI is InChI=1S/C21H26N8O2S/c1-14(2)19-23-21(32-24-19)27-10-7-15(8-11-27)28-12-9-18(20(28)30)31-17-5-3-16(4-6-17)29-13-22-25-26-29/h3-6,13-15,18H,7-12H2,1-2H3. The van der Waals surface area contributed by atoms with Gasteiger partial charge in [0.1, 0.15) is 17.9 Å². The lowest BCUT2D eigenvalue weighted by Gasteiger charge is -2.36. The second kappa shape index (κ2) is 8.81. The largest absolute Gasteiger partial charge is 0.481 e. The monoisotopic (exact) mass is 454 g/mol. The zero-order valence-corrected chi connectivity index (χ0v) is 19.0. The quantitative estimate of drug-likeness (QED) is 0.559. The Morgan fingerprint density at radius 1 is 1.09 bits per heavy atom. The number of rotatable bonds is 6. The summed E-state index contributed by atoms with van der Waals surface area (Å²) in [6, 6.07) is 7.69. The molecule has 2 aliphatic rings. The Bertz CT molecular complexity index is 1040. The highest BCUT2D eigenvalue weighted by Crippen LogP contribution is 2.29. The highest BCUT2D eigenvalue weighted by Gasteiger charge is 2.38. The van der Waals surface area contributed by atoms with Crippen LogP contribution in [0, 0.1) is 0 Å². The van der Waals surface area contributed by atoms with Crippen molar-refractivity contribution in [3.05, 3.63) is 36.4 Å². The van der Waals surface area contributed by atoms with Gasteiger partial charge in [-0.05, 0) is 47.5 Å². The van der Waals surface area contributed by atoms with E-state index in [1.54, 1.807) is 4.68 Å². The molecule has 2 aliphatic heterocycles. The van der Waals surface area contributed by atoms with E-state index in [-0.39, 0.29) is 11.9 Å². The minimum Gasteiger partial charge on any atom is -0.481 e. The first-order chi connectivity index (χ1) is 15.6. The van der Waals surface area contributed by atoms with Crippen molar-refractivity contribution in [1.82, 2.24) is 34.5 Å². The Labute approximate surface area is 190 Å². The van der Waals surface area contributed by atoms with Crippen LogP contribution >= 0.6 is 11.5 Å². The molecule has 32 heavy (non-hydrogen) atoms. The van der Waals surface area contributed by atoms with E-state index in [2.05, 4.69) is 43.6 Å². The molecule has 0 aliphatic carbocycles. The van der Waals surface area contributed by atoms with E-state index < -0.39 is 6.10 Å². The van der Waals surface area contributed by atoms with E-state index in [0.29, 0.717) is 18.1 Å². The molecule has 1 atom stereocenters. The first-order valence-electron chi connectivity index (χ1n) is 11.0. The molecule has 5 rings (SSSR count). The number of carbonyl (C=O) groups excluding carboxylic acids is 1. The molecule has 0 radical (unpaired) electrons. The van der Waals surface area contributed by atoms with Crippen LogP contribution in [0.3, 0.4) is 0 Å². The molecular weight excluding hydrogens is 428 g/mol. The number of benzene rings is 1. The van der Waals surface area contributed by atoms with E-state index in [1.807, 2.05) is 29.2 Å². The predicted octanol–water partition coefficient (Wildman–Crippen LogP) is 2.29. The van der Waals surface area contributed by atoms with Crippen LogP contribution in [0.2, 0.25) is 0 Å². The summed E-state index contributed by atoms with van der Waals surface area (Å²) in [4.78, 5) is 22.0. The van der Waals surface area contributed by atoms with Crippen molar-refractivity contribution in [2.45, 2.75) is 51.2 Å². The lowest BCUT2D eigenvalue weighted by Crippen LogP contribution is -2.47. The van der Waals surface area contributed by atoms with E-state index in [4.69, 9.17) is 4.74 Å². The van der Waals surface area contributed by atoms with E-state index in [9.17, 15) is 4.79 Å². The Morgan fingerprint density at radius 2 is 1.88 bits per heavy atom. The van der Waals surface area contributed by atoms with Crippen molar-refractivity contribution >= 4 is 22.6 Å². The fourth-order valence-electron chi connectivity index (χ4n) is 4.23. The van der Waals surface area contributed by atoms with E-state index >= 15 is 0 Å². The van der Waals surface area contributed by atoms with Crippen LogP contribution in [0.1, 0.15) is 44.9 Å². The Morgan fingerprint density at radius 3 is 2.53 bits per heavy atom. The first-order valence-corrected chi connectivity index (χ1v) is 11.7. The summed E-state index contributed by atoms with van der Waals surface area (Å²) in [6.07, 6.45) is 3.70. The number of anilines is 1. The maximum absolute atomic E-state index is 13.0. The normalized spacial score (nSPS) is 19.8. The number of carbonyl (C=O) groups is 1. The Kier molecular flexibility index (Phi) is 5.73. The highest BCUT2D eigenvalue weighted by atomic mass is 32.1. The van der Waals surface area contributed by atoms with Crippen LogP contribution in [0.5, 0.6) is 5.75 Å². The minimum absolute atomic E-state index is 0.0889. The fraction of sp³-hybridized carbons (Fsp3) is 0.524. The molecule has 168 valence electrons. The SMILES string of the molecule is CC(C)c1nsc(N2CCC(N3CCC(Oc4ccc(-n5cnnn5)cc4)C3=O)CC2)n1. The molecule has 0 spiro atoms. The van der Waals surface area contributed by atoms with Crippen LogP contribution in [0.25, 0.3) is 5.69 Å². The molecule has 10 nitrogen and oxygen atoms in total. The Hall–Kier alpha value is -3.08. The average molecular weight is 455 g/mol. The van der Waals surface area contributed by atoms with Crippen molar-refractivity contribution in [2.24, 2.45) is 0 Å². The van der Waals surface area contributed by atoms with E-state index in [0.717, 1.165) is 49.1 Å². The number of likely N-dealkylation sites (tertiary alicyclic amines) is 1. The molecule has 2 saturated heterocycles. The number of hydrogen-bond acceptors (Lipinski definition) is 9. The lowest BCUT2D eigenvalue weighted by molar-refractivity contribution is -0.135. The van der Waals surface area contributed by atoms with Gasteiger partial charge in [-0.25, -0.2) is 9.67 Å². The first kappa shape index (κ1) is 20.8. The summed E-state index contributed by atoms with van der Waals surface area (Å²) in [7, 11) is 0. The number of piperidine rings is 1. The summed E-state index contributed by atoms with van der Waals surface area (Å²) in [5.41, 5.74) is 0.837. The molecule has 2 fully saturated rings. The van der Waals surface area contributed by atoms with Crippen molar-refractivity contribution in [1.29, 1.82) is 0 Å². The van der Waals surface area contributed by atoms with Gasteiger partial charge in [-0.3, -0.25) is 4.79 Å². The van der Waals surface area contributed by atoms with Crippen molar-refractivity contribution in [3.8, 4) is 11.4 Å². The van der Waals surface area contributed by atoms with Gasteiger partial charge >= 0.3 is 0 Å². The summed E-state index contributed by atoms with van der Waals surface area (Å²) in [5.74, 6) is 2.01. The number of aromatic nitrogens is 6. The van der Waals surface area contributed by atoms with Crippen LogP contribution in [0.4, 0.5) is 5.13 Å². The second-order valence-electron chi connectivity index (χ2n) is 8.48. The van der Waals surface area contributed by atoms with Crippen LogP contribution in [-0.4, -0.2) is 72.2 Å². The van der Waals surface area contributed by atoms with Gasteiger partial charge in [0.05, 0.1) is 5.69 Å². The molecular formula is C21H26N8O2S. The molecule has 4 heterocycles. The molecule has 11 heteroatoms. The van der Waals surface area contributed by atoms with Gasteiger partial charge in [-0.2, -0.15) is 4.37 Å². The van der Waals surface area contributed by atoms with Gasteiger partial charge in [0, 0.05) is 49.5 Å². The van der Waals surface area contributed by atoms with Gasteiger partial charge in [-0.15, -0.1) is 5.10 Å². The molecule has 1 amide bonds. The molecule has 1 unspecified atom stereocenters. The average Bonchev–Trinajstić information content (AvgIpc) is 3.57. The van der Waals surface area contributed by atoms with Crippen LogP contribution < -0.4 is 9.64 Å². The van der Waals surface area contributed by atoms with Gasteiger partial charge in [0.2, 0.25) is 5.13 Å². The smallest absolute Gasteiger partial charge is 0.263 e. The summed E-state index contributed by atoms with van der Waals surface area (Å²) >= 11 is 1.47. The van der Waals surface area contributed by atoms with Gasteiger partial charge < -0.3 is 14.5 Å².